The van der Waals surface area contributed by atoms with Crippen molar-refractivity contribution in [1.29, 1.82) is 0 Å². The van der Waals surface area contributed by atoms with E-state index in [1.54, 1.807) is 30.3 Å². The highest BCUT2D eigenvalue weighted by Gasteiger charge is 2.46. The van der Waals surface area contributed by atoms with Gasteiger partial charge < -0.3 is 19.5 Å². The van der Waals surface area contributed by atoms with Gasteiger partial charge in [-0.25, -0.2) is 0 Å². The molecule has 28 heavy (non-hydrogen) atoms. The van der Waals surface area contributed by atoms with E-state index in [0.717, 1.165) is 4.47 Å². The van der Waals surface area contributed by atoms with Crippen LogP contribution < -0.4 is 0 Å². The number of likely N-dealkylation sites (tertiary alicyclic amines) is 1. The van der Waals surface area contributed by atoms with Crippen molar-refractivity contribution >= 4 is 33.4 Å². The molecule has 1 N–H and O–H groups in total. The third-order valence-corrected chi connectivity index (χ3v) is 5.12. The minimum atomic E-state index is -0.759. The topological polar surface area (TPSA) is 76.1 Å². The number of ether oxygens (including phenoxy) is 2. The van der Waals surface area contributed by atoms with E-state index >= 15 is 0 Å². The Bertz CT molecular complexity index is 908. The lowest BCUT2D eigenvalue weighted by atomic mass is 9.95. The zero-order valence-corrected chi connectivity index (χ0v) is 17.0. The van der Waals surface area contributed by atoms with Crippen LogP contribution in [0.1, 0.15) is 17.2 Å². The Morgan fingerprint density at radius 1 is 1.11 bits per heavy atom. The monoisotopic (exact) mass is 445 g/mol. The van der Waals surface area contributed by atoms with Crippen molar-refractivity contribution in [3.8, 4) is 0 Å². The molecule has 6 nitrogen and oxygen atoms in total. The number of aliphatic hydroxyl groups is 1. The summed E-state index contributed by atoms with van der Waals surface area (Å²) in [5.41, 5.74) is 1.20. The van der Waals surface area contributed by atoms with Crippen molar-refractivity contribution < 1.29 is 24.2 Å². The molecule has 0 aromatic heterocycles. The Hall–Kier alpha value is -2.48. The van der Waals surface area contributed by atoms with Crippen molar-refractivity contribution in [2.24, 2.45) is 0 Å². The fourth-order valence-corrected chi connectivity index (χ4v) is 3.67. The molecule has 0 bridgehead atoms. The summed E-state index contributed by atoms with van der Waals surface area (Å²) in [7, 11) is 2.92. The number of benzene rings is 2. The van der Waals surface area contributed by atoms with Crippen LogP contribution in [0.5, 0.6) is 0 Å². The first-order valence-electron chi connectivity index (χ1n) is 8.62. The van der Waals surface area contributed by atoms with E-state index in [1.807, 2.05) is 24.3 Å². The van der Waals surface area contributed by atoms with Crippen LogP contribution in [0.15, 0.2) is 64.6 Å². The van der Waals surface area contributed by atoms with Crippen LogP contribution in [0.4, 0.5) is 0 Å². The van der Waals surface area contributed by atoms with Gasteiger partial charge in [0, 0.05) is 24.3 Å². The number of hydrogen-bond acceptors (Lipinski definition) is 5. The molecular formula is C21H20BrNO5. The molecule has 1 aliphatic rings. The molecule has 0 radical (unpaired) electrons. The highest BCUT2D eigenvalue weighted by atomic mass is 79.9. The number of ketones is 1. The van der Waals surface area contributed by atoms with Crippen LogP contribution in [0.2, 0.25) is 0 Å². The smallest absolute Gasteiger partial charge is 0.295 e. The molecule has 1 heterocycles. The maximum Gasteiger partial charge on any atom is 0.295 e. The SMILES string of the molecule is COC(CN1C(=O)C(=O)C(=C(O)c2ccccc2)[C@H]1c1cccc(Br)c1)OC. The van der Waals surface area contributed by atoms with Crippen molar-refractivity contribution in [3.05, 3.63) is 75.8 Å². The van der Waals surface area contributed by atoms with E-state index in [0.29, 0.717) is 11.1 Å². The molecule has 1 atom stereocenters. The Morgan fingerprint density at radius 3 is 2.39 bits per heavy atom. The molecule has 7 heteroatoms. The van der Waals surface area contributed by atoms with Gasteiger partial charge in [-0.15, -0.1) is 0 Å². The summed E-state index contributed by atoms with van der Waals surface area (Å²) < 4.78 is 11.2. The van der Waals surface area contributed by atoms with Crippen molar-refractivity contribution in [1.82, 2.24) is 4.90 Å². The van der Waals surface area contributed by atoms with Crippen LogP contribution in [-0.4, -0.2) is 48.8 Å². The lowest BCUT2D eigenvalue weighted by Gasteiger charge is -2.28. The van der Waals surface area contributed by atoms with E-state index in [-0.39, 0.29) is 17.9 Å². The lowest BCUT2D eigenvalue weighted by Crippen LogP contribution is -2.38. The average Bonchev–Trinajstić information content (AvgIpc) is 2.96. The minimum Gasteiger partial charge on any atom is -0.507 e. The van der Waals surface area contributed by atoms with Crippen molar-refractivity contribution in [2.45, 2.75) is 12.3 Å². The summed E-state index contributed by atoms with van der Waals surface area (Å²) in [4.78, 5) is 27.0. The van der Waals surface area contributed by atoms with Crippen molar-refractivity contribution in [2.75, 3.05) is 20.8 Å². The average molecular weight is 446 g/mol. The Labute approximate surface area is 171 Å². The first-order chi connectivity index (χ1) is 13.5. The molecule has 0 saturated carbocycles. The first kappa shape index (κ1) is 20.3. The van der Waals surface area contributed by atoms with Crippen LogP contribution in [0, 0.1) is 0 Å². The largest absolute Gasteiger partial charge is 0.507 e. The van der Waals surface area contributed by atoms with E-state index in [1.165, 1.54) is 19.1 Å². The van der Waals surface area contributed by atoms with E-state index in [4.69, 9.17) is 9.47 Å². The second kappa shape index (κ2) is 8.68. The van der Waals surface area contributed by atoms with Gasteiger partial charge >= 0.3 is 0 Å². The highest BCUT2D eigenvalue weighted by Crippen LogP contribution is 2.40. The molecule has 2 aromatic carbocycles. The zero-order valence-electron chi connectivity index (χ0n) is 15.5. The third-order valence-electron chi connectivity index (χ3n) is 4.62. The molecule has 0 unspecified atom stereocenters. The molecule has 2 aromatic rings. The second-order valence-corrected chi connectivity index (χ2v) is 7.19. The number of Topliss-reactive ketones (excluding diaryl/α,β-unsaturated/α-hetero) is 1. The number of carbonyl (C=O) groups is 2. The summed E-state index contributed by atoms with van der Waals surface area (Å²) >= 11 is 3.42. The van der Waals surface area contributed by atoms with E-state index in [2.05, 4.69) is 15.9 Å². The van der Waals surface area contributed by atoms with Crippen LogP contribution in [0.25, 0.3) is 5.76 Å². The van der Waals surface area contributed by atoms with Gasteiger partial charge in [0.25, 0.3) is 11.7 Å². The normalized spacial score (nSPS) is 18.9. The standard InChI is InChI=1S/C21H20BrNO5/c1-27-16(28-2)12-23-18(14-9-6-10-15(22)11-14)17(20(25)21(23)26)19(24)13-7-4-3-5-8-13/h3-11,16,18,24H,12H2,1-2H3/t18-/m1/s1. The number of amides is 1. The lowest BCUT2D eigenvalue weighted by molar-refractivity contribution is -0.149. The van der Waals surface area contributed by atoms with Gasteiger partial charge in [0.15, 0.2) is 6.29 Å². The Balaban J connectivity index is 2.16. The van der Waals surface area contributed by atoms with Gasteiger partial charge in [-0.2, -0.15) is 0 Å². The van der Waals surface area contributed by atoms with Gasteiger partial charge in [0.1, 0.15) is 5.76 Å². The number of methoxy groups -OCH3 is 2. The molecule has 1 aliphatic heterocycles. The highest BCUT2D eigenvalue weighted by molar-refractivity contribution is 9.10. The second-order valence-electron chi connectivity index (χ2n) is 6.27. The summed E-state index contributed by atoms with van der Waals surface area (Å²) in [5, 5.41) is 10.9. The predicted octanol–water partition coefficient (Wildman–Crippen LogP) is 3.49. The number of aliphatic hydroxyl groups excluding tert-OH is 1. The molecule has 3 rings (SSSR count). The number of nitrogens with zero attached hydrogens (tertiary/aromatic N) is 1. The fraction of sp³-hybridized carbons (Fsp3) is 0.238. The first-order valence-corrected chi connectivity index (χ1v) is 9.42. The summed E-state index contributed by atoms with van der Waals surface area (Å²) in [6, 6.07) is 15.2. The van der Waals surface area contributed by atoms with E-state index in [9.17, 15) is 14.7 Å². The molecule has 1 saturated heterocycles. The van der Waals surface area contributed by atoms with Crippen molar-refractivity contribution in [3.63, 3.8) is 0 Å². The van der Waals surface area contributed by atoms with Crippen LogP contribution in [-0.2, 0) is 19.1 Å². The molecule has 0 aliphatic carbocycles. The van der Waals surface area contributed by atoms with Crippen LogP contribution in [0.3, 0.4) is 0 Å². The maximum atomic E-state index is 12.9. The number of rotatable bonds is 6. The summed E-state index contributed by atoms with van der Waals surface area (Å²) in [6.07, 6.45) is -0.704. The number of carbonyl (C=O) groups excluding carboxylic acids is 2. The van der Waals surface area contributed by atoms with Gasteiger partial charge in [0.2, 0.25) is 0 Å². The molecule has 146 valence electrons. The molecule has 1 amide bonds. The predicted molar refractivity (Wildman–Crippen MR) is 107 cm³/mol. The Morgan fingerprint density at radius 2 is 1.79 bits per heavy atom. The molecule has 0 spiro atoms. The third kappa shape index (κ3) is 3.87. The number of halogens is 1. The minimum absolute atomic E-state index is 0.0419. The Kier molecular flexibility index (Phi) is 6.28. The summed E-state index contributed by atoms with van der Waals surface area (Å²) in [6.45, 7) is 0.0420. The maximum absolute atomic E-state index is 12.9. The van der Waals surface area contributed by atoms with Gasteiger partial charge in [-0.1, -0.05) is 58.4 Å². The molecular weight excluding hydrogens is 426 g/mol. The van der Waals surface area contributed by atoms with Gasteiger partial charge in [-0.05, 0) is 17.7 Å². The number of hydrogen-bond donors (Lipinski definition) is 1. The van der Waals surface area contributed by atoms with Crippen LogP contribution >= 0.6 is 15.9 Å². The van der Waals surface area contributed by atoms with Gasteiger partial charge in [0.05, 0.1) is 18.2 Å². The van der Waals surface area contributed by atoms with Gasteiger partial charge in [-0.3, -0.25) is 9.59 Å². The molecule has 1 fully saturated rings. The summed E-state index contributed by atoms with van der Waals surface area (Å²) in [5.74, 6) is -1.66. The quantitative estimate of drug-likeness (QED) is 0.318. The van der Waals surface area contributed by atoms with E-state index < -0.39 is 24.0 Å². The zero-order chi connectivity index (χ0) is 20.3. The fourth-order valence-electron chi connectivity index (χ4n) is 3.25.